The molecule has 4 nitrogen and oxygen atoms in total. The van der Waals surface area contributed by atoms with Crippen molar-refractivity contribution in [3.8, 4) is 11.8 Å². The van der Waals surface area contributed by atoms with E-state index in [4.69, 9.17) is 10.5 Å². The topological polar surface area (TPSA) is 61.0 Å². The first-order valence-corrected chi connectivity index (χ1v) is 6.89. The Morgan fingerprint density at radius 1 is 1.10 bits per heavy atom. The second-order valence-corrected chi connectivity index (χ2v) is 5.35. The van der Waals surface area contributed by atoms with Crippen molar-refractivity contribution in [2.75, 3.05) is 0 Å². The van der Waals surface area contributed by atoms with E-state index in [1.807, 2.05) is 25.1 Å². The standard InChI is InChI=1S/C16H21N3O/c1-11(2)14-6-4-5-7-15(14)20-16-18-9-13(10-19-16)8-12(3)17/h4-7,9-12H,8,17H2,1-3H3. The van der Waals surface area contributed by atoms with E-state index in [2.05, 4.69) is 29.9 Å². The van der Waals surface area contributed by atoms with Gasteiger partial charge in [-0.05, 0) is 36.5 Å². The van der Waals surface area contributed by atoms with Crippen LogP contribution in [0, 0.1) is 0 Å². The van der Waals surface area contributed by atoms with Gasteiger partial charge in [0.25, 0.3) is 0 Å². The van der Waals surface area contributed by atoms with Crippen molar-refractivity contribution in [2.45, 2.75) is 39.2 Å². The molecule has 0 saturated carbocycles. The van der Waals surface area contributed by atoms with Gasteiger partial charge in [-0.3, -0.25) is 0 Å². The van der Waals surface area contributed by atoms with Crippen LogP contribution in [0.15, 0.2) is 36.7 Å². The number of ether oxygens (including phenoxy) is 1. The summed E-state index contributed by atoms with van der Waals surface area (Å²) in [5.74, 6) is 1.20. The molecule has 2 aromatic rings. The molecule has 2 N–H and O–H groups in total. The molecule has 0 saturated heterocycles. The number of benzene rings is 1. The van der Waals surface area contributed by atoms with Gasteiger partial charge in [0.05, 0.1) is 0 Å². The van der Waals surface area contributed by atoms with Gasteiger partial charge >= 0.3 is 6.01 Å². The first-order chi connectivity index (χ1) is 9.56. The molecule has 0 aliphatic carbocycles. The highest BCUT2D eigenvalue weighted by Crippen LogP contribution is 2.28. The van der Waals surface area contributed by atoms with Gasteiger partial charge in [0, 0.05) is 18.4 Å². The fourth-order valence-electron chi connectivity index (χ4n) is 2.02. The van der Waals surface area contributed by atoms with Crippen LogP contribution in [0.3, 0.4) is 0 Å². The van der Waals surface area contributed by atoms with Crippen LogP contribution in [-0.2, 0) is 6.42 Å². The van der Waals surface area contributed by atoms with E-state index < -0.39 is 0 Å². The Kier molecular flexibility index (Phi) is 4.69. The van der Waals surface area contributed by atoms with Gasteiger partial charge in [-0.15, -0.1) is 0 Å². The van der Waals surface area contributed by atoms with E-state index in [9.17, 15) is 0 Å². The molecule has 0 amide bonds. The third-order valence-electron chi connectivity index (χ3n) is 2.98. The SMILES string of the molecule is CC(N)Cc1cnc(Oc2ccccc2C(C)C)nc1. The lowest BCUT2D eigenvalue weighted by Crippen LogP contribution is -2.17. The van der Waals surface area contributed by atoms with Crippen LogP contribution >= 0.6 is 0 Å². The summed E-state index contributed by atoms with van der Waals surface area (Å²) in [5.41, 5.74) is 7.92. The molecule has 2 rings (SSSR count). The van der Waals surface area contributed by atoms with Crippen LogP contribution in [0.2, 0.25) is 0 Å². The fraction of sp³-hybridized carbons (Fsp3) is 0.375. The molecule has 20 heavy (non-hydrogen) atoms. The zero-order chi connectivity index (χ0) is 14.5. The maximum Gasteiger partial charge on any atom is 0.321 e. The summed E-state index contributed by atoms with van der Waals surface area (Å²) < 4.78 is 5.78. The van der Waals surface area contributed by atoms with Crippen LogP contribution in [0.4, 0.5) is 0 Å². The molecule has 1 aromatic carbocycles. The number of rotatable bonds is 5. The second kappa shape index (κ2) is 6.48. The largest absolute Gasteiger partial charge is 0.424 e. The van der Waals surface area contributed by atoms with Gasteiger partial charge in [0.15, 0.2) is 0 Å². The maximum absolute atomic E-state index is 5.78. The molecule has 1 heterocycles. The zero-order valence-corrected chi connectivity index (χ0v) is 12.2. The van der Waals surface area contributed by atoms with Crippen LogP contribution in [-0.4, -0.2) is 16.0 Å². The summed E-state index contributed by atoms with van der Waals surface area (Å²) in [6.07, 6.45) is 4.30. The first kappa shape index (κ1) is 14.5. The number of nitrogens with two attached hydrogens (primary N) is 1. The average Bonchev–Trinajstić information content (AvgIpc) is 2.41. The maximum atomic E-state index is 5.78. The normalized spacial score (nSPS) is 12.4. The van der Waals surface area contributed by atoms with Crippen LogP contribution in [0.1, 0.15) is 37.8 Å². The summed E-state index contributed by atoms with van der Waals surface area (Å²) in [4.78, 5) is 8.48. The molecule has 0 spiro atoms. The smallest absolute Gasteiger partial charge is 0.321 e. The Bertz CT molecular complexity index is 550. The molecule has 0 radical (unpaired) electrons. The molecular formula is C16H21N3O. The van der Waals surface area contributed by atoms with Crippen LogP contribution in [0.5, 0.6) is 11.8 Å². The lowest BCUT2D eigenvalue weighted by Gasteiger charge is -2.12. The second-order valence-electron chi connectivity index (χ2n) is 5.35. The lowest BCUT2D eigenvalue weighted by atomic mass is 10.0. The van der Waals surface area contributed by atoms with Gasteiger partial charge in [0.1, 0.15) is 5.75 Å². The molecular weight excluding hydrogens is 250 g/mol. The van der Waals surface area contributed by atoms with Gasteiger partial charge in [0.2, 0.25) is 0 Å². The van der Waals surface area contributed by atoms with Gasteiger partial charge in [-0.2, -0.15) is 0 Å². The van der Waals surface area contributed by atoms with E-state index in [0.717, 1.165) is 23.3 Å². The highest BCUT2D eigenvalue weighted by molar-refractivity contribution is 5.37. The number of nitrogens with zero attached hydrogens (tertiary/aromatic N) is 2. The minimum Gasteiger partial charge on any atom is -0.424 e. The van der Waals surface area contributed by atoms with Crippen molar-refractivity contribution >= 4 is 0 Å². The summed E-state index contributed by atoms with van der Waals surface area (Å²) >= 11 is 0. The summed E-state index contributed by atoms with van der Waals surface area (Å²) in [6.45, 7) is 6.23. The zero-order valence-electron chi connectivity index (χ0n) is 12.2. The lowest BCUT2D eigenvalue weighted by molar-refractivity contribution is 0.433. The predicted molar refractivity (Wildman–Crippen MR) is 80.0 cm³/mol. The highest BCUT2D eigenvalue weighted by Gasteiger charge is 2.09. The van der Waals surface area contributed by atoms with Crippen molar-refractivity contribution in [3.05, 3.63) is 47.8 Å². The Morgan fingerprint density at radius 3 is 2.35 bits per heavy atom. The number of hydrogen-bond donors (Lipinski definition) is 1. The first-order valence-electron chi connectivity index (χ1n) is 6.89. The Hall–Kier alpha value is -1.94. The van der Waals surface area contributed by atoms with Crippen molar-refractivity contribution in [1.82, 2.24) is 9.97 Å². The average molecular weight is 271 g/mol. The minimum absolute atomic E-state index is 0.104. The minimum atomic E-state index is 0.104. The highest BCUT2D eigenvalue weighted by atomic mass is 16.5. The number of para-hydroxylation sites is 1. The van der Waals surface area contributed by atoms with E-state index in [1.165, 1.54) is 0 Å². The van der Waals surface area contributed by atoms with E-state index in [1.54, 1.807) is 12.4 Å². The molecule has 0 fully saturated rings. The van der Waals surface area contributed by atoms with Crippen LogP contribution < -0.4 is 10.5 Å². The monoisotopic (exact) mass is 271 g/mol. The number of aromatic nitrogens is 2. The Morgan fingerprint density at radius 2 is 1.75 bits per heavy atom. The summed E-state index contributed by atoms with van der Waals surface area (Å²) in [5, 5.41) is 0. The van der Waals surface area contributed by atoms with Crippen molar-refractivity contribution in [1.29, 1.82) is 0 Å². The van der Waals surface area contributed by atoms with Crippen LogP contribution in [0.25, 0.3) is 0 Å². The molecule has 0 aliphatic heterocycles. The third-order valence-corrected chi connectivity index (χ3v) is 2.98. The van der Waals surface area contributed by atoms with Gasteiger partial charge < -0.3 is 10.5 Å². The summed E-state index contributed by atoms with van der Waals surface area (Å²) in [6, 6.07) is 8.43. The molecule has 4 heteroatoms. The molecule has 0 aliphatic rings. The quantitative estimate of drug-likeness (QED) is 0.906. The van der Waals surface area contributed by atoms with Crippen molar-refractivity contribution in [2.24, 2.45) is 5.73 Å². The molecule has 1 aromatic heterocycles. The molecule has 106 valence electrons. The van der Waals surface area contributed by atoms with Gasteiger partial charge in [-0.25, -0.2) is 9.97 Å². The van der Waals surface area contributed by atoms with Crippen molar-refractivity contribution < 1.29 is 4.74 Å². The van der Waals surface area contributed by atoms with E-state index in [-0.39, 0.29) is 6.04 Å². The Balaban J connectivity index is 2.14. The fourth-order valence-corrected chi connectivity index (χ4v) is 2.02. The Labute approximate surface area is 120 Å². The molecule has 1 unspecified atom stereocenters. The predicted octanol–water partition coefficient (Wildman–Crippen LogP) is 3.28. The molecule has 1 atom stereocenters. The summed E-state index contributed by atoms with van der Waals surface area (Å²) in [7, 11) is 0. The van der Waals surface area contributed by atoms with Crippen molar-refractivity contribution in [3.63, 3.8) is 0 Å². The number of hydrogen-bond acceptors (Lipinski definition) is 4. The van der Waals surface area contributed by atoms with Gasteiger partial charge in [-0.1, -0.05) is 32.0 Å². The van der Waals surface area contributed by atoms with E-state index in [0.29, 0.717) is 11.9 Å². The third kappa shape index (κ3) is 3.78. The van der Waals surface area contributed by atoms with E-state index >= 15 is 0 Å². The molecule has 0 bridgehead atoms.